The van der Waals surface area contributed by atoms with E-state index in [1.54, 1.807) is 24.4 Å². The van der Waals surface area contributed by atoms with Crippen LogP contribution in [0.4, 0.5) is 5.69 Å². The number of aromatic carboxylic acids is 1. The van der Waals surface area contributed by atoms with Crippen molar-refractivity contribution < 1.29 is 23.8 Å². The predicted molar refractivity (Wildman–Crippen MR) is 97.2 cm³/mol. The van der Waals surface area contributed by atoms with Gasteiger partial charge < -0.3 is 19.6 Å². The van der Waals surface area contributed by atoms with E-state index in [1.165, 1.54) is 6.07 Å². The van der Waals surface area contributed by atoms with Gasteiger partial charge in [-0.15, -0.1) is 0 Å². The van der Waals surface area contributed by atoms with Crippen LogP contribution in [-0.4, -0.2) is 40.0 Å². The zero-order chi connectivity index (χ0) is 19.0. The number of fused-ring (bicyclic) bond motifs is 1. The van der Waals surface area contributed by atoms with Crippen molar-refractivity contribution in [2.45, 2.75) is 25.8 Å². The second-order valence-electron chi connectivity index (χ2n) is 6.55. The first-order valence-corrected chi connectivity index (χ1v) is 8.73. The number of nitrogens with one attached hydrogen (secondary N) is 1. The van der Waals surface area contributed by atoms with E-state index in [0.717, 1.165) is 18.5 Å². The molecule has 1 amide bonds. The Balaban J connectivity index is 1.54. The molecule has 1 saturated heterocycles. The number of amides is 1. The van der Waals surface area contributed by atoms with E-state index in [-0.39, 0.29) is 17.7 Å². The highest BCUT2D eigenvalue weighted by molar-refractivity contribution is 6.05. The molecule has 27 heavy (non-hydrogen) atoms. The molecule has 0 spiro atoms. The molecule has 0 atom stereocenters. The fourth-order valence-electron chi connectivity index (χ4n) is 3.37. The van der Waals surface area contributed by atoms with Crippen molar-refractivity contribution in [3.63, 3.8) is 0 Å². The van der Waals surface area contributed by atoms with Gasteiger partial charge in [0.15, 0.2) is 0 Å². The number of hydrogen-bond acceptors (Lipinski definition) is 5. The Hall–Kier alpha value is -3.13. The summed E-state index contributed by atoms with van der Waals surface area (Å²) < 4.78 is 12.5. The van der Waals surface area contributed by atoms with Crippen LogP contribution in [0.5, 0.6) is 0 Å². The molecule has 8 nitrogen and oxygen atoms in total. The van der Waals surface area contributed by atoms with Crippen LogP contribution in [0.1, 0.15) is 45.5 Å². The molecule has 2 N–H and O–H groups in total. The van der Waals surface area contributed by atoms with E-state index < -0.39 is 5.97 Å². The third-order valence-corrected chi connectivity index (χ3v) is 4.81. The van der Waals surface area contributed by atoms with Crippen LogP contribution in [0.3, 0.4) is 0 Å². The number of benzene rings is 1. The van der Waals surface area contributed by atoms with E-state index in [1.807, 2.05) is 11.6 Å². The van der Waals surface area contributed by atoms with Gasteiger partial charge in [0, 0.05) is 30.0 Å². The molecular formula is C19H19N3O5. The van der Waals surface area contributed by atoms with Crippen molar-refractivity contribution in [3.8, 4) is 0 Å². The molecule has 0 bridgehead atoms. The molecule has 3 aromatic rings. The molecule has 0 saturated carbocycles. The van der Waals surface area contributed by atoms with Crippen LogP contribution in [0.25, 0.3) is 11.0 Å². The molecule has 1 aliphatic heterocycles. The highest BCUT2D eigenvalue weighted by Crippen LogP contribution is 2.25. The van der Waals surface area contributed by atoms with Gasteiger partial charge >= 0.3 is 5.97 Å². The monoisotopic (exact) mass is 369 g/mol. The lowest BCUT2D eigenvalue weighted by molar-refractivity contribution is 0.0655. The Morgan fingerprint density at radius 1 is 1.26 bits per heavy atom. The number of hydrogen-bond donors (Lipinski definition) is 2. The summed E-state index contributed by atoms with van der Waals surface area (Å²) >= 11 is 0. The molecular weight excluding hydrogens is 350 g/mol. The third-order valence-electron chi connectivity index (χ3n) is 4.81. The van der Waals surface area contributed by atoms with Crippen LogP contribution >= 0.6 is 0 Å². The summed E-state index contributed by atoms with van der Waals surface area (Å²) in [5, 5.41) is 16.9. The fraction of sp³-hybridized carbons (Fsp3) is 0.316. The van der Waals surface area contributed by atoms with Gasteiger partial charge in [-0.25, -0.2) is 4.79 Å². The first-order chi connectivity index (χ1) is 13.0. The normalized spacial score (nSPS) is 15.1. The van der Waals surface area contributed by atoms with E-state index in [2.05, 4.69) is 10.4 Å². The summed E-state index contributed by atoms with van der Waals surface area (Å²) in [6.07, 6.45) is 3.35. The average Bonchev–Trinajstić information content (AvgIpc) is 3.25. The van der Waals surface area contributed by atoms with Crippen molar-refractivity contribution >= 4 is 28.5 Å². The van der Waals surface area contributed by atoms with Gasteiger partial charge in [-0.1, -0.05) is 0 Å². The maximum absolute atomic E-state index is 12.7. The summed E-state index contributed by atoms with van der Waals surface area (Å²) in [4.78, 5) is 23.7. The minimum atomic E-state index is -1.13. The Kier molecular flexibility index (Phi) is 4.41. The molecule has 1 aliphatic rings. The standard InChI is InChI=1S/C19H19N3O5/c1-11-15(10-20-22(11)14-4-6-26-7-5-14)18(23)21-13-2-3-16-12(8-13)9-17(27-16)19(24)25/h2-3,8-10,14H,4-7H2,1H3,(H,21,23)(H,24,25). The first-order valence-electron chi connectivity index (χ1n) is 8.73. The van der Waals surface area contributed by atoms with E-state index in [4.69, 9.17) is 14.3 Å². The van der Waals surface area contributed by atoms with Crippen molar-refractivity contribution in [2.24, 2.45) is 0 Å². The van der Waals surface area contributed by atoms with Crippen LogP contribution in [0, 0.1) is 6.92 Å². The van der Waals surface area contributed by atoms with Gasteiger partial charge in [0.1, 0.15) is 5.58 Å². The van der Waals surface area contributed by atoms with Crippen molar-refractivity contribution in [3.05, 3.63) is 47.5 Å². The lowest BCUT2D eigenvalue weighted by atomic mass is 10.1. The minimum absolute atomic E-state index is 0.137. The zero-order valence-electron chi connectivity index (χ0n) is 14.8. The van der Waals surface area contributed by atoms with Gasteiger partial charge in [-0.2, -0.15) is 5.10 Å². The van der Waals surface area contributed by atoms with Gasteiger partial charge in [-0.3, -0.25) is 9.48 Å². The lowest BCUT2D eigenvalue weighted by Gasteiger charge is -2.23. The highest BCUT2D eigenvalue weighted by Gasteiger charge is 2.22. The molecule has 0 unspecified atom stereocenters. The van der Waals surface area contributed by atoms with Crippen molar-refractivity contribution in [1.29, 1.82) is 0 Å². The largest absolute Gasteiger partial charge is 0.475 e. The first kappa shape index (κ1) is 17.3. The Bertz CT molecular complexity index is 1010. The van der Waals surface area contributed by atoms with Gasteiger partial charge in [-0.05, 0) is 44.0 Å². The zero-order valence-corrected chi connectivity index (χ0v) is 14.8. The van der Waals surface area contributed by atoms with Crippen LogP contribution in [0.2, 0.25) is 0 Å². The van der Waals surface area contributed by atoms with E-state index in [0.29, 0.717) is 35.4 Å². The summed E-state index contributed by atoms with van der Waals surface area (Å²) in [7, 11) is 0. The Morgan fingerprint density at radius 3 is 2.78 bits per heavy atom. The predicted octanol–water partition coefficient (Wildman–Crippen LogP) is 3.24. The number of furan rings is 1. The molecule has 1 aromatic carbocycles. The summed E-state index contributed by atoms with van der Waals surface area (Å²) in [6, 6.07) is 6.67. The fourth-order valence-corrected chi connectivity index (χ4v) is 3.37. The number of carbonyl (C=O) groups is 2. The average molecular weight is 369 g/mol. The van der Waals surface area contributed by atoms with E-state index in [9.17, 15) is 9.59 Å². The molecule has 8 heteroatoms. The Labute approximate surface area is 154 Å². The van der Waals surface area contributed by atoms with Crippen LogP contribution < -0.4 is 5.32 Å². The molecule has 4 rings (SSSR count). The second-order valence-corrected chi connectivity index (χ2v) is 6.55. The number of carboxylic acid groups (broad SMARTS) is 1. The SMILES string of the molecule is Cc1c(C(=O)Nc2ccc3oc(C(=O)O)cc3c2)cnn1C1CCOCC1. The minimum Gasteiger partial charge on any atom is -0.475 e. The molecule has 140 valence electrons. The summed E-state index contributed by atoms with van der Waals surface area (Å²) in [5.41, 5.74) is 2.34. The maximum Gasteiger partial charge on any atom is 0.371 e. The van der Waals surface area contributed by atoms with Gasteiger partial charge in [0.25, 0.3) is 5.91 Å². The second kappa shape index (κ2) is 6.88. The smallest absolute Gasteiger partial charge is 0.371 e. The third kappa shape index (κ3) is 3.31. The number of carbonyl (C=O) groups excluding carboxylic acids is 1. The molecule has 2 aromatic heterocycles. The molecule has 0 aliphatic carbocycles. The van der Waals surface area contributed by atoms with Crippen LogP contribution in [0.15, 0.2) is 34.9 Å². The number of anilines is 1. The van der Waals surface area contributed by atoms with Gasteiger partial charge in [0.05, 0.1) is 17.8 Å². The van der Waals surface area contributed by atoms with Gasteiger partial charge in [0.2, 0.25) is 5.76 Å². The Morgan fingerprint density at radius 2 is 2.04 bits per heavy atom. The lowest BCUT2D eigenvalue weighted by Crippen LogP contribution is -2.22. The number of ether oxygens (including phenoxy) is 1. The number of nitrogens with zero attached hydrogens (tertiary/aromatic N) is 2. The summed E-state index contributed by atoms with van der Waals surface area (Å²) in [6.45, 7) is 3.29. The van der Waals surface area contributed by atoms with Crippen molar-refractivity contribution in [1.82, 2.24) is 9.78 Å². The van der Waals surface area contributed by atoms with Crippen LogP contribution in [-0.2, 0) is 4.74 Å². The number of carboxylic acids is 1. The topological polar surface area (TPSA) is 107 Å². The maximum atomic E-state index is 12.7. The number of aromatic nitrogens is 2. The molecule has 0 radical (unpaired) electrons. The molecule has 1 fully saturated rings. The quantitative estimate of drug-likeness (QED) is 0.731. The van der Waals surface area contributed by atoms with Crippen molar-refractivity contribution in [2.75, 3.05) is 18.5 Å². The highest BCUT2D eigenvalue weighted by atomic mass is 16.5. The van der Waals surface area contributed by atoms with E-state index >= 15 is 0 Å². The summed E-state index contributed by atoms with van der Waals surface area (Å²) in [5.74, 6) is -1.53. The number of rotatable bonds is 4. The molecule has 3 heterocycles.